The number of morpholine rings is 1. The minimum Gasteiger partial charge on any atom is -0.480 e. The molecule has 3 aromatic rings. The van der Waals surface area contributed by atoms with E-state index in [4.69, 9.17) is 9.47 Å². The normalized spacial score (nSPS) is 12.6. The third-order valence-electron chi connectivity index (χ3n) is 4.66. The highest BCUT2D eigenvalue weighted by Gasteiger charge is 2.15. The van der Waals surface area contributed by atoms with Gasteiger partial charge in [0.2, 0.25) is 11.8 Å². The summed E-state index contributed by atoms with van der Waals surface area (Å²) in [6.07, 6.45) is 3.33. The topological polar surface area (TPSA) is 81.6 Å². The molecule has 190 valence electrons. The average molecular weight is 490 g/mol. The molecule has 3 heterocycles. The van der Waals surface area contributed by atoms with Gasteiger partial charge in [-0.1, -0.05) is 39.8 Å². The lowest BCUT2D eigenvalue weighted by Gasteiger charge is -2.26. The largest absolute Gasteiger partial charge is 0.480 e. The van der Waals surface area contributed by atoms with Gasteiger partial charge >= 0.3 is 6.61 Å². The molecule has 1 aliphatic rings. The van der Waals surface area contributed by atoms with Crippen LogP contribution in [0.5, 0.6) is 11.6 Å². The summed E-state index contributed by atoms with van der Waals surface area (Å²) < 4.78 is 39.9. The molecule has 0 amide bonds. The number of pyridine rings is 1. The van der Waals surface area contributed by atoms with Crippen LogP contribution in [0.25, 0.3) is 11.1 Å². The van der Waals surface area contributed by atoms with Crippen molar-refractivity contribution in [1.82, 2.24) is 15.0 Å². The number of methoxy groups -OCH3 is 1. The average Bonchev–Trinajstić information content (AvgIpc) is 2.92. The summed E-state index contributed by atoms with van der Waals surface area (Å²) in [4.78, 5) is 15.3. The molecule has 0 radical (unpaired) electrons. The number of rotatable bonds is 7. The van der Waals surface area contributed by atoms with Gasteiger partial charge in [-0.3, -0.25) is 0 Å². The van der Waals surface area contributed by atoms with Gasteiger partial charge < -0.3 is 24.4 Å². The lowest BCUT2D eigenvalue weighted by molar-refractivity contribution is -0.0498. The maximum Gasteiger partial charge on any atom is 0.387 e. The van der Waals surface area contributed by atoms with Crippen LogP contribution in [0.3, 0.4) is 0 Å². The molecule has 8 nitrogen and oxygen atoms in total. The standard InChI is InChI=1S/C21H21F2N5O3.2C2H6/c1-29-19-17(26-18-6-7-24-21(27-18)28-8-10-30-11-9-28)12-15(13-25-19)14-2-4-16(5-3-14)31-20(22)23;2*1-2/h2-7,12-13,20H,8-11H2,1H3,(H,24,26,27);2*1-2H3. The van der Waals surface area contributed by atoms with E-state index in [-0.39, 0.29) is 5.75 Å². The zero-order valence-corrected chi connectivity index (χ0v) is 20.8. The Bertz CT molecular complexity index is 1020. The lowest BCUT2D eigenvalue weighted by Crippen LogP contribution is -2.37. The molecule has 1 N–H and O–H groups in total. The van der Waals surface area contributed by atoms with Crippen molar-refractivity contribution in [3.8, 4) is 22.8 Å². The molecule has 10 heteroatoms. The highest BCUT2D eigenvalue weighted by molar-refractivity contribution is 5.72. The first-order valence-electron chi connectivity index (χ1n) is 11.6. The first kappa shape index (κ1) is 27.7. The second kappa shape index (κ2) is 14.7. The lowest BCUT2D eigenvalue weighted by atomic mass is 10.1. The predicted molar refractivity (Wildman–Crippen MR) is 134 cm³/mol. The van der Waals surface area contributed by atoms with E-state index in [1.807, 2.05) is 33.8 Å². The highest BCUT2D eigenvalue weighted by atomic mass is 19.3. The van der Waals surface area contributed by atoms with Crippen molar-refractivity contribution < 1.29 is 23.0 Å². The van der Waals surface area contributed by atoms with Crippen molar-refractivity contribution in [1.29, 1.82) is 0 Å². The molecule has 4 rings (SSSR count). The van der Waals surface area contributed by atoms with Crippen molar-refractivity contribution in [2.24, 2.45) is 0 Å². The molecule has 1 aliphatic heterocycles. The summed E-state index contributed by atoms with van der Waals surface area (Å²) in [5.41, 5.74) is 2.17. The van der Waals surface area contributed by atoms with Crippen LogP contribution in [-0.2, 0) is 4.74 Å². The van der Waals surface area contributed by atoms with Crippen molar-refractivity contribution >= 4 is 17.5 Å². The van der Waals surface area contributed by atoms with Crippen molar-refractivity contribution in [2.45, 2.75) is 34.3 Å². The number of aromatic nitrogens is 3. The first-order valence-corrected chi connectivity index (χ1v) is 11.6. The second-order valence-corrected chi connectivity index (χ2v) is 6.65. The number of alkyl halides is 2. The number of anilines is 3. The predicted octanol–water partition coefficient (Wildman–Crippen LogP) is 5.78. The summed E-state index contributed by atoms with van der Waals surface area (Å²) >= 11 is 0. The van der Waals surface area contributed by atoms with Gasteiger partial charge in [0.25, 0.3) is 0 Å². The van der Waals surface area contributed by atoms with Crippen molar-refractivity contribution in [2.75, 3.05) is 43.6 Å². The Morgan fingerprint density at radius 3 is 2.29 bits per heavy atom. The van der Waals surface area contributed by atoms with E-state index in [1.165, 1.54) is 19.2 Å². The monoisotopic (exact) mass is 489 g/mol. The maximum absolute atomic E-state index is 12.4. The molecule has 0 spiro atoms. The number of nitrogens with zero attached hydrogens (tertiary/aromatic N) is 4. The van der Waals surface area contributed by atoms with E-state index in [1.54, 1.807) is 30.6 Å². The van der Waals surface area contributed by atoms with Gasteiger partial charge in [0.15, 0.2) is 0 Å². The Kier molecular flexibility index (Phi) is 11.6. The van der Waals surface area contributed by atoms with Crippen LogP contribution in [0, 0.1) is 0 Å². The van der Waals surface area contributed by atoms with Gasteiger partial charge in [-0.2, -0.15) is 13.8 Å². The van der Waals surface area contributed by atoms with Crippen molar-refractivity contribution in [3.05, 3.63) is 48.8 Å². The SMILES string of the molecule is CC.CC.COc1ncc(-c2ccc(OC(F)F)cc2)cc1Nc1ccnc(N2CCOCC2)n1. The van der Waals surface area contributed by atoms with Crippen LogP contribution in [0.1, 0.15) is 27.7 Å². The highest BCUT2D eigenvalue weighted by Crippen LogP contribution is 2.31. The summed E-state index contributed by atoms with van der Waals surface area (Å²) in [5, 5.41) is 3.23. The maximum atomic E-state index is 12.4. The molecule has 1 aromatic carbocycles. The number of halogens is 2. The number of benzene rings is 1. The van der Waals surface area contributed by atoms with E-state index in [9.17, 15) is 8.78 Å². The van der Waals surface area contributed by atoms with Crippen molar-refractivity contribution in [3.63, 3.8) is 0 Å². The fourth-order valence-corrected chi connectivity index (χ4v) is 3.16. The van der Waals surface area contributed by atoms with E-state index >= 15 is 0 Å². The van der Waals surface area contributed by atoms with Crippen LogP contribution in [0.15, 0.2) is 48.8 Å². The molecule has 0 saturated carbocycles. The van der Waals surface area contributed by atoms with Crippen LogP contribution in [0.2, 0.25) is 0 Å². The first-order chi connectivity index (χ1) is 17.1. The van der Waals surface area contributed by atoms with Gasteiger partial charge in [0.05, 0.1) is 20.3 Å². The zero-order valence-electron chi connectivity index (χ0n) is 20.8. The van der Waals surface area contributed by atoms with E-state index in [0.29, 0.717) is 36.5 Å². The minimum atomic E-state index is -2.86. The molecule has 0 unspecified atom stereocenters. The van der Waals surface area contributed by atoms with Gasteiger partial charge in [0.1, 0.15) is 17.3 Å². The second-order valence-electron chi connectivity index (χ2n) is 6.65. The number of ether oxygens (including phenoxy) is 3. The van der Waals surface area contributed by atoms with Gasteiger partial charge in [-0.15, -0.1) is 0 Å². The van der Waals surface area contributed by atoms with E-state index < -0.39 is 6.61 Å². The molecule has 0 bridgehead atoms. The number of hydrogen-bond donors (Lipinski definition) is 1. The summed E-state index contributed by atoms with van der Waals surface area (Å²) in [6.45, 7) is 7.88. The van der Waals surface area contributed by atoms with Crippen LogP contribution < -0.4 is 19.7 Å². The fraction of sp³-hybridized carbons (Fsp3) is 0.400. The van der Waals surface area contributed by atoms with Gasteiger partial charge in [0, 0.05) is 31.0 Å². The molecule has 35 heavy (non-hydrogen) atoms. The molecule has 1 fully saturated rings. The smallest absolute Gasteiger partial charge is 0.387 e. The van der Waals surface area contributed by atoms with Crippen LogP contribution >= 0.6 is 0 Å². The van der Waals surface area contributed by atoms with E-state index in [0.717, 1.165) is 24.2 Å². The van der Waals surface area contributed by atoms with Crippen LogP contribution in [-0.4, -0.2) is 55.0 Å². The molecule has 2 aromatic heterocycles. The minimum absolute atomic E-state index is 0.0928. The number of nitrogens with one attached hydrogen (secondary N) is 1. The Balaban J connectivity index is 0.00000103. The summed E-state index contributed by atoms with van der Waals surface area (Å²) in [6, 6.07) is 9.95. The van der Waals surface area contributed by atoms with Gasteiger partial charge in [-0.25, -0.2) is 9.97 Å². The molecule has 1 saturated heterocycles. The summed E-state index contributed by atoms with van der Waals surface area (Å²) in [5.74, 6) is 1.70. The van der Waals surface area contributed by atoms with Crippen LogP contribution in [0.4, 0.5) is 26.2 Å². The van der Waals surface area contributed by atoms with Gasteiger partial charge in [-0.05, 0) is 29.8 Å². The molecular weight excluding hydrogens is 456 g/mol. The third-order valence-corrected chi connectivity index (χ3v) is 4.66. The molecule has 0 atom stereocenters. The summed E-state index contributed by atoms with van der Waals surface area (Å²) in [7, 11) is 1.53. The Hall–Kier alpha value is -3.53. The molecular formula is C25H33F2N5O3. The number of hydrogen-bond acceptors (Lipinski definition) is 8. The Morgan fingerprint density at radius 1 is 0.971 bits per heavy atom. The van der Waals surface area contributed by atoms with E-state index in [2.05, 4.69) is 29.9 Å². The molecule has 0 aliphatic carbocycles. The third kappa shape index (κ3) is 8.03. The quantitative estimate of drug-likeness (QED) is 0.447. The Morgan fingerprint density at radius 2 is 1.66 bits per heavy atom. The Labute approximate surface area is 205 Å². The fourth-order valence-electron chi connectivity index (χ4n) is 3.16. The zero-order chi connectivity index (χ0) is 25.6.